The Labute approximate surface area is 110 Å². The molecule has 3 nitrogen and oxygen atoms in total. The minimum atomic E-state index is -0.356. The maximum atomic E-state index is 11.3. The highest BCUT2D eigenvalue weighted by molar-refractivity contribution is 5.94. The van der Waals surface area contributed by atoms with Crippen molar-refractivity contribution in [1.82, 2.24) is 5.32 Å². The summed E-state index contributed by atoms with van der Waals surface area (Å²) < 4.78 is 0. The van der Waals surface area contributed by atoms with Crippen LogP contribution in [0.15, 0.2) is 24.3 Å². The van der Waals surface area contributed by atoms with Gasteiger partial charge in [0.2, 0.25) is 5.91 Å². The van der Waals surface area contributed by atoms with E-state index >= 15 is 0 Å². The zero-order valence-corrected chi connectivity index (χ0v) is 11.4. The number of nitrogens with two attached hydrogens (primary N) is 1. The van der Waals surface area contributed by atoms with E-state index in [4.69, 9.17) is 5.73 Å². The van der Waals surface area contributed by atoms with E-state index in [1.165, 1.54) is 25.7 Å². The largest absolute Gasteiger partial charge is 0.366 e. The predicted octanol–water partition coefficient (Wildman–Crippen LogP) is 2.84. The highest BCUT2D eigenvalue weighted by Gasteiger charge is 2.08. The standard InChI is InChI=1S/C15H24N2O/c1-3-4-5-8-12(2)17-11-13-9-6-7-10-14(13)15(16)18/h6-7,9-10,12,17H,3-5,8,11H2,1-2H3,(H2,16,18). The molecule has 0 aromatic heterocycles. The molecule has 0 spiro atoms. The summed E-state index contributed by atoms with van der Waals surface area (Å²) in [5, 5.41) is 3.45. The lowest BCUT2D eigenvalue weighted by molar-refractivity contribution is 0.0999. The Kier molecular flexibility index (Phi) is 6.44. The molecule has 0 aliphatic rings. The normalized spacial score (nSPS) is 12.3. The van der Waals surface area contributed by atoms with E-state index in [0.717, 1.165) is 5.56 Å². The first-order valence-corrected chi connectivity index (χ1v) is 6.76. The Morgan fingerprint density at radius 2 is 2.06 bits per heavy atom. The maximum Gasteiger partial charge on any atom is 0.249 e. The van der Waals surface area contributed by atoms with Crippen LogP contribution in [0.1, 0.15) is 55.5 Å². The van der Waals surface area contributed by atoms with Crippen LogP contribution < -0.4 is 11.1 Å². The van der Waals surface area contributed by atoms with Crippen molar-refractivity contribution in [2.45, 2.75) is 52.1 Å². The summed E-state index contributed by atoms with van der Waals surface area (Å²) in [5.74, 6) is -0.356. The van der Waals surface area contributed by atoms with Gasteiger partial charge in [-0.25, -0.2) is 0 Å². The van der Waals surface area contributed by atoms with E-state index in [1.54, 1.807) is 6.07 Å². The smallest absolute Gasteiger partial charge is 0.249 e. The van der Waals surface area contributed by atoms with Crippen molar-refractivity contribution in [2.24, 2.45) is 5.73 Å². The molecule has 3 heteroatoms. The molecule has 3 N–H and O–H groups in total. The molecule has 0 aliphatic carbocycles. The Morgan fingerprint density at radius 3 is 2.72 bits per heavy atom. The van der Waals surface area contributed by atoms with Crippen LogP contribution in [0.2, 0.25) is 0 Å². The number of unbranched alkanes of at least 4 members (excludes halogenated alkanes) is 2. The first-order valence-electron chi connectivity index (χ1n) is 6.76. The summed E-state index contributed by atoms with van der Waals surface area (Å²) in [6.07, 6.45) is 4.95. The van der Waals surface area contributed by atoms with Crippen LogP contribution in [0.4, 0.5) is 0 Å². The summed E-state index contributed by atoms with van der Waals surface area (Å²) >= 11 is 0. The monoisotopic (exact) mass is 248 g/mol. The third kappa shape index (κ3) is 4.88. The molecular formula is C15H24N2O. The van der Waals surface area contributed by atoms with E-state index in [1.807, 2.05) is 18.2 Å². The number of nitrogens with one attached hydrogen (secondary N) is 1. The summed E-state index contributed by atoms with van der Waals surface area (Å²) in [4.78, 5) is 11.3. The molecule has 0 heterocycles. The van der Waals surface area contributed by atoms with Crippen LogP contribution in [0, 0.1) is 0 Å². The van der Waals surface area contributed by atoms with Gasteiger partial charge < -0.3 is 11.1 Å². The van der Waals surface area contributed by atoms with Crippen molar-refractivity contribution in [1.29, 1.82) is 0 Å². The molecule has 0 bridgehead atoms. The van der Waals surface area contributed by atoms with Crippen molar-refractivity contribution in [3.63, 3.8) is 0 Å². The van der Waals surface area contributed by atoms with Gasteiger partial charge in [-0.15, -0.1) is 0 Å². The van der Waals surface area contributed by atoms with Gasteiger partial charge in [-0.05, 0) is 25.0 Å². The first kappa shape index (κ1) is 14.7. The number of carbonyl (C=O) groups is 1. The average molecular weight is 248 g/mol. The van der Waals surface area contributed by atoms with Gasteiger partial charge in [0.1, 0.15) is 0 Å². The van der Waals surface area contributed by atoms with E-state index in [-0.39, 0.29) is 5.91 Å². The predicted molar refractivity (Wildman–Crippen MR) is 75.4 cm³/mol. The van der Waals surface area contributed by atoms with E-state index < -0.39 is 0 Å². The molecular weight excluding hydrogens is 224 g/mol. The van der Waals surface area contributed by atoms with Gasteiger partial charge in [-0.3, -0.25) is 4.79 Å². The summed E-state index contributed by atoms with van der Waals surface area (Å²) in [6, 6.07) is 7.98. The minimum Gasteiger partial charge on any atom is -0.366 e. The van der Waals surface area contributed by atoms with Crippen LogP contribution in [-0.2, 0) is 6.54 Å². The molecule has 0 radical (unpaired) electrons. The van der Waals surface area contributed by atoms with Crippen LogP contribution in [-0.4, -0.2) is 11.9 Å². The van der Waals surface area contributed by atoms with Gasteiger partial charge in [-0.2, -0.15) is 0 Å². The summed E-state index contributed by atoms with van der Waals surface area (Å²) in [6.45, 7) is 5.09. The number of rotatable bonds is 8. The molecule has 1 atom stereocenters. The lowest BCUT2D eigenvalue weighted by atomic mass is 10.1. The summed E-state index contributed by atoms with van der Waals surface area (Å²) in [7, 11) is 0. The summed E-state index contributed by atoms with van der Waals surface area (Å²) in [5.41, 5.74) is 6.95. The molecule has 0 aliphatic heterocycles. The first-order chi connectivity index (χ1) is 8.65. The Morgan fingerprint density at radius 1 is 1.33 bits per heavy atom. The fraction of sp³-hybridized carbons (Fsp3) is 0.533. The molecule has 18 heavy (non-hydrogen) atoms. The number of carbonyl (C=O) groups excluding carboxylic acids is 1. The number of benzene rings is 1. The quantitative estimate of drug-likeness (QED) is 0.695. The average Bonchev–Trinajstić information content (AvgIpc) is 2.37. The maximum absolute atomic E-state index is 11.3. The minimum absolute atomic E-state index is 0.356. The van der Waals surface area contributed by atoms with Crippen molar-refractivity contribution in [3.05, 3.63) is 35.4 Å². The zero-order valence-electron chi connectivity index (χ0n) is 11.4. The third-order valence-electron chi connectivity index (χ3n) is 3.16. The van der Waals surface area contributed by atoms with Crippen molar-refractivity contribution in [3.8, 4) is 0 Å². The fourth-order valence-electron chi connectivity index (χ4n) is 2.00. The van der Waals surface area contributed by atoms with Crippen LogP contribution in [0.5, 0.6) is 0 Å². The van der Waals surface area contributed by atoms with Crippen LogP contribution in [0.3, 0.4) is 0 Å². The molecule has 1 aromatic carbocycles. The lowest BCUT2D eigenvalue weighted by Gasteiger charge is -2.14. The second kappa shape index (κ2) is 7.88. The zero-order chi connectivity index (χ0) is 13.4. The molecule has 1 rings (SSSR count). The van der Waals surface area contributed by atoms with Gasteiger partial charge >= 0.3 is 0 Å². The van der Waals surface area contributed by atoms with E-state index in [9.17, 15) is 4.79 Å². The Balaban J connectivity index is 2.45. The van der Waals surface area contributed by atoms with Gasteiger partial charge in [0.15, 0.2) is 0 Å². The second-order valence-electron chi connectivity index (χ2n) is 4.80. The second-order valence-corrected chi connectivity index (χ2v) is 4.80. The van der Waals surface area contributed by atoms with Crippen molar-refractivity contribution >= 4 is 5.91 Å². The van der Waals surface area contributed by atoms with E-state index in [0.29, 0.717) is 18.2 Å². The Hall–Kier alpha value is -1.35. The topological polar surface area (TPSA) is 55.1 Å². The molecule has 100 valence electrons. The molecule has 0 saturated heterocycles. The van der Waals surface area contributed by atoms with Gasteiger partial charge in [0.25, 0.3) is 0 Å². The molecule has 1 unspecified atom stereocenters. The Bertz CT molecular complexity index is 377. The number of amides is 1. The van der Waals surface area contributed by atoms with E-state index in [2.05, 4.69) is 19.2 Å². The van der Waals surface area contributed by atoms with Crippen molar-refractivity contribution in [2.75, 3.05) is 0 Å². The number of hydrogen-bond donors (Lipinski definition) is 2. The molecule has 0 fully saturated rings. The van der Waals surface area contributed by atoms with Crippen molar-refractivity contribution < 1.29 is 4.79 Å². The van der Waals surface area contributed by atoms with Gasteiger partial charge in [0.05, 0.1) is 0 Å². The number of primary amides is 1. The third-order valence-corrected chi connectivity index (χ3v) is 3.16. The SMILES string of the molecule is CCCCCC(C)NCc1ccccc1C(N)=O. The highest BCUT2D eigenvalue weighted by Crippen LogP contribution is 2.09. The molecule has 0 saturated carbocycles. The van der Waals surface area contributed by atoms with Crippen LogP contribution >= 0.6 is 0 Å². The lowest BCUT2D eigenvalue weighted by Crippen LogP contribution is -2.27. The van der Waals surface area contributed by atoms with Crippen LogP contribution in [0.25, 0.3) is 0 Å². The molecule has 1 amide bonds. The number of hydrogen-bond acceptors (Lipinski definition) is 2. The fourth-order valence-corrected chi connectivity index (χ4v) is 2.00. The van der Waals surface area contributed by atoms with Gasteiger partial charge in [-0.1, -0.05) is 44.4 Å². The highest BCUT2D eigenvalue weighted by atomic mass is 16.1. The molecule has 1 aromatic rings. The van der Waals surface area contributed by atoms with Gasteiger partial charge in [0, 0.05) is 18.2 Å².